The van der Waals surface area contributed by atoms with Crippen LogP contribution in [0.5, 0.6) is 0 Å². The van der Waals surface area contributed by atoms with Gasteiger partial charge in [-0.3, -0.25) is 0 Å². The maximum atomic E-state index is 13.4. The number of aromatic nitrogens is 2. The minimum atomic E-state index is -3.51. The van der Waals surface area contributed by atoms with E-state index in [4.69, 9.17) is 23.2 Å². The van der Waals surface area contributed by atoms with Gasteiger partial charge in [0.1, 0.15) is 5.25 Å². The summed E-state index contributed by atoms with van der Waals surface area (Å²) in [5.41, 5.74) is 1.45. The van der Waals surface area contributed by atoms with Crippen LogP contribution in [0.1, 0.15) is 16.4 Å². The zero-order chi connectivity index (χ0) is 22.6. The second-order valence-electron chi connectivity index (χ2n) is 7.31. The first kappa shape index (κ1) is 22.9. The highest BCUT2D eigenvalue weighted by Gasteiger charge is 2.28. The van der Waals surface area contributed by atoms with Gasteiger partial charge in [-0.2, -0.15) is 0 Å². The minimum Gasteiger partial charge on any atom is -0.336 e. The molecule has 32 heavy (non-hydrogen) atoms. The van der Waals surface area contributed by atoms with E-state index in [1.165, 1.54) is 0 Å². The number of halogens is 2. The molecule has 4 rings (SSSR count). The Morgan fingerprint density at radius 2 is 1.41 bits per heavy atom. The molecule has 0 saturated carbocycles. The topological polar surface area (TPSA) is 52.0 Å². The third kappa shape index (κ3) is 5.95. The molecular weight excluding hydrogens is 483 g/mol. The smallest absolute Gasteiger partial charge is 0.163 e. The molecular formula is C24H20Cl2N2O2S2. The summed E-state index contributed by atoms with van der Waals surface area (Å²) in [5, 5.41) is 0.565. The van der Waals surface area contributed by atoms with E-state index in [0.29, 0.717) is 22.2 Å². The van der Waals surface area contributed by atoms with Crippen molar-refractivity contribution in [3.05, 3.63) is 113 Å². The van der Waals surface area contributed by atoms with Crippen LogP contribution in [0.15, 0.2) is 101 Å². The van der Waals surface area contributed by atoms with Gasteiger partial charge < -0.3 is 4.57 Å². The molecule has 0 N–H and O–H groups in total. The Morgan fingerprint density at radius 3 is 1.97 bits per heavy atom. The van der Waals surface area contributed by atoms with Gasteiger partial charge in [-0.1, -0.05) is 59.2 Å². The van der Waals surface area contributed by atoms with Crippen LogP contribution in [0.4, 0.5) is 0 Å². The molecule has 1 atom stereocenters. The van der Waals surface area contributed by atoms with E-state index >= 15 is 0 Å². The molecule has 0 aliphatic carbocycles. The molecule has 0 bridgehead atoms. The molecule has 3 aromatic carbocycles. The number of rotatable bonds is 8. The van der Waals surface area contributed by atoms with E-state index in [1.807, 2.05) is 48.5 Å². The average molecular weight is 503 g/mol. The molecule has 1 heterocycles. The normalized spacial score (nSPS) is 12.6. The van der Waals surface area contributed by atoms with E-state index in [0.717, 1.165) is 15.4 Å². The third-order valence-corrected chi connectivity index (χ3v) is 8.50. The fourth-order valence-corrected chi connectivity index (χ4v) is 6.21. The van der Waals surface area contributed by atoms with E-state index in [9.17, 15) is 8.42 Å². The Bertz CT molecular complexity index is 1260. The van der Waals surface area contributed by atoms with Crippen molar-refractivity contribution in [3.8, 4) is 0 Å². The van der Waals surface area contributed by atoms with E-state index in [1.54, 1.807) is 59.3 Å². The van der Waals surface area contributed by atoms with E-state index in [2.05, 4.69) is 4.98 Å². The van der Waals surface area contributed by atoms with Gasteiger partial charge in [-0.05, 0) is 59.7 Å². The Kier molecular flexibility index (Phi) is 7.26. The van der Waals surface area contributed by atoms with Gasteiger partial charge in [0.05, 0.1) is 12.1 Å². The van der Waals surface area contributed by atoms with Crippen LogP contribution in [-0.2, 0) is 22.1 Å². The van der Waals surface area contributed by atoms with Crippen LogP contribution in [0.3, 0.4) is 0 Å². The lowest BCUT2D eigenvalue weighted by molar-refractivity contribution is 0.561. The Hall–Kier alpha value is -2.25. The molecule has 0 fully saturated rings. The summed E-state index contributed by atoms with van der Waals surface area (Å²) in [6.07, 6.45) is 5.06. The lowest BCUT2D eigenvalue weighted by Crippen LogP contribution is -2.20. The van der Waals surface area contributed by atoms with Gasteiger partial charge in [0.15, 0.2) is 9.84 Å². The maximum Gasteiger partial charge on any atom is 0.163 e. The SMILES string of the molecule is O=S(=O)(Cc1ccc(Cl)cc1)C(Cn1ccnc1)c1ccc(Sc2ccc(Cl)cc2)cc1. The van der Waals surface area contributed by atoms with Crippen molar-refractivity contribution in [2.24, 2.45) is 0 Å². The maximum absolute atomic E-state index is 13.4. The van der Waals surface area contributed by atoms with Crippen molar-refractivity contribution < 1.29 is 8.42 Å². The first-order valence-electron chi connectivity index (χ1n) is 9.84. The Labute approximate surface area is 202 Å². The number of nitrogens with zero attached hydrogens (tertiary/aromatic N) is 2. The number of sulfone groups is 1. The lowest BCUT2D eigenvalue weighted by atomic mass is 10.1. The molecule has 0 aliphatic rings. The molecule has 1 unspecified atom stereocenters. The van der Waals surface area contributed by atoms with E-state index < -0.39 is 15.1 Å². The molecule has 0 amide bonds. The van der Waals surface area contributed by atoms with Gasteiger partial charge in [0.25, 0.3) is 0 Å². The summed E-state index contributed by atoms with van der Waals surface area (Å²) in [7, 11) is -3.51. The van der Waals surface area contributed by atoms with Gasteiger partial charge in [0.2, 0.25) is 0 Å². The molecule has 0 spiro atoms. The highest BCUT2D eigenvalue weighted by molar-refractivity contribution is 7.99. The van der Waals surface area contributed by atoms with Gasteiger partial charge in [-0.25, -0.2) is 13.4 Å². The zero-order valence-corrected chi connectivity index (χ0v) is 20.1. The first-order valence-corrected chi connectivity index (χ1v) is 13.1. The summed E-state index contributed by atoms with van der Waals surface area (Å²) in [5.74, 6) is -0.0647. The molecule has 8 heteroatoms. The average Bonchev–Trinajstić information content (AvgIpc) is 3.29. The van der Waals surface area contributed by atoms with Crippen molar-refractivity contribution in [1.82, 2.24) is 9.55 Å². The van der Waals surface area contributed by atoms with Crippen molar-refractivity contribution in [1.29, 1.82) is 0 Å². The van der Waals surface area contributed by atoms with E-state index in [-0.39, 0.29) is 5.75 Å². The van der Waals surface area contributed by atoms with Crippen molar-refractivity contribution in [3.63, 3.8) is 0 Å². The predicted octanol–water partition coefficient (Wildman–Crippen LogP) is 6.70. The van der Waals surface area contributed by atoms with Crippen molar-refractivity contribution in [2.45, 2.75) is 27.3 Å². The summed E-state index contributed by atoms with van der Waals surface area (Å²) >= 11 is 13.5. The van der Waals surface area contributed by atoms with Crippen LogP contribution in [0.25, 0.3) is 0 Å². The predicted molar refractivity (Wildman–Crippen MR) is 131 cm³/mol. The number of benzene rings is 3. The lowest BCUT2D eigenvalue weighted by Gasteiger charge is -2.19. The fraction of sp³-hybridized carbons (Fsp3) is 0.125. The molecule has 0 saturated heterocycles. The standard InChI is InChI=1S/C24H20Cl2N2O2S2/c25-20-5-1-18(2-6-20)16-32(29,30)24(15-28-14-13-27-17-28)19-3-9-22(10-4-19)31-23-11-7-21(26)8-12-23/h1-14,17,24H,15-16H2. The highest BCUT2D eigenvalue weighted by Crippen LogP contribution is 2.32. The fourth-order valence-electron chi connectivity index (χ4n) is 3.32. The van der Waals surface area contributed by atoms with Gasteiger partial charge in [0, 0.05) is 38.8 Å². The first-order chi connectivity index (χ1) is 15.4. The van der Waals surface area contributed by atoms with Crippen LogP contribution in [-0.4, -0.2) is 18.0 Å². The highest BCUT2D eigenvalue weighted by atomic mass is 35.5. The van der Waals surface area contributed by atoms with Crippen LogP contribution in [0, 0.1) is 0 Å². The number of hydrogen-bond donors (Lipinski definition) is 0. The quantitative estimate of drug-likeness (QED) is 0.269. The van der Waals surface area contributed by atoms with Crippen LogP contribution >= 0.6 is 35.0 Å². The van der Waals surface area contributed by atoms with Gasteiger partial charge >= 0.3 is 0 Å². The number of imidazole rings is 1. The molecule has 0 aliphatic heterocycles. The Morgan fingerprint density at radius 1 is 0.844 bits per heavy atom. The van der Waals surface area contributed by atoms with Crippen molar-refractivity contribution >= 4 is 44.8 Å². The molecule has 164 valence electrons. The summed E-state index contributed by atoms with van der Waals surface area (Å²) in [6.45, 7) is 0.291. The molecule has 4 nitrogen and oxygen atoms in total. The van der Waals surface area contributed by atoms with Crippen molar-refractivity contribution in [2.75, 3.05) is 0 Å². The second-order valence-corrected chi connectivity index (χ2v) is 11.5. The molecule has 4 aromatic rings. The third-order valence-electron chi connectivity index (χ3n) is 4.95. The van der Waals surface area contributed by atoms with Crippen LogP contribution < -0.4 is 0 Å². The minimum absolute atomic E-state index is 0.0647. The zero-order valence-electron chi connectivity index (χ0n) is 16.9. The molecule has 0 radical (unpaired) electrons. The summed E-state index contributed by atoms with van der Waals surface area (Å²) < 4.78 is 28.7. The monoisotopic (exact) mass is 502 g/mol. The largest absolute Gasteiger partial charge is 0.336 e. The second kappa shape index (κ2) is 10.1. The van der Waals surface area contributed by atoms with Gasteiger partial charge in [-0.15, -0.1) is 0 Å². The summed E-state index contributed by atoms with van der Waals surface area (Å²) in [6, 6.07) is 22.2. The van der Waals surface area contributed by atoms with Crippen LogP contribution in [0.2, 0.25) is 10.0 Å². The molecule has 1 aromatic heterocycles. The summed E-state index contributed by atoms with van der Waals surface area (Å²) in [4.78, 5) is 6.14. The Balaban J connectivity index is 1.59. The number of hydrogen-bond acceptors (Lipinski definition) is 4.